The van der Waals surface area contributed by atoms with Gasteiger partial charge in [-0.1, -0.05) is 35.1 Å². The number of hydrogen-bond donors (Lipinski definition) is 0. The molecule has 0 fully saturated rings. The number of fused-ring (bicyclic) bond motifs is 1. The maximum Gasteiger partial charge on any atom is 0.271 e. The smallest absolute Gasteiger partial charge is 0.271 e. The molecule has 0 radical (unpaired) electrons. The lowest BCUT2D eigenvalue weighted by molar-refractivity contribution is -0.127. The van der Waals surface area contributed by atoms with E-state index in [1.807, 2.05) is 51.1 Å². The quantitative estimate of drug-likeness (QED) is 0.364. The van der Waals surface area contributed by atoms with Crippen LogP contribution in [0, 0.1) is 0 Å². The highest BCUT2D eigenvalue weighted by Gasteiger charge is 2.34. The number of methoxy groups -OCH3 is 1. The molecule has 4 rings (SSSR count). The van der Waals surface area contributed by atoms with Gasteiger partial charge in [0.15, 0.2) is 4.80 Å². The predicted octanol–water partition coefficient (Wildman–Crippen LogP) is 5.29. The molecule has 3 aromatic rings. The van der Waals surface area contributed by atoms with Crippen LogP contribution in [0.25, 0.3) is 6.08 Å². The molecular weight excluding hydrogens is 630 g/mol. The lowest BCUT2D eigenvalue weighted by Gasteiger charge is -2.29. The van der Waals surface area contributed by atoms with E-state index in [1.54, 1.807) is 28.7 Å². The predicted molar refractivity (Wildman–Crippen MR) is 152 cm³/mol. The van der Waals surface area contributed by atoms with Crippen molar-refractivity contribution in [2.24, 2.45) is 4.99 Å². The van der Waals surface area contributed by atoms with Gasteiger partial charge < -0.3 is 9.64 Å². The van der Waals surface area contributed by atoms with Gasteiger partial charge in [-0.15, -0.1) is 0 Å². The van der Waals surface area contributed by atoms with Crippen LogP contribution in [0.5, 0.6) is 5.75 Å². The number of carbonyl (C=O) groups is 1. The second-order valence-electron chi connectivity index (χ2n) is 8.13. The Morgan fingerprint density at radius 2 is 1.81 bits per heavy atom. The van der Waals surface area contributed by atoms with Gasteiger partial charge in [-0.05, 0) is 94.1 Å². The summed E-state index contributed by atoms with van der Waals surface area (Å²) in [6.07, 6.45) is 1.82. The monoisotopic (exact) mass is 651 g/mol. The minimum atomic E-state index is -0.608. The second-order valence-corrected chi connectivity index (χ2v) is 11.3. The summed E-state index contributed by atoms with van der Waals surface area (Å²) in [5.41, 5.74) is 2.51. The third-order valence-electron chi connectivity index (χ3n) is 6.01. The maximum absolute atomic E-state index is 13.8. The minimum absolute atomic E-state index is 0.126. The van der Waals surface area contributed by atoms with Gasteiger partial charge in [-0.2, -0.15) is 0 Å². The van der Waals surface area contributed by atoms with Crippen molar-refractivity contribution >= 4 is 66.8 Å². The van der Waals surface area contributed by atoms with E-state index in [0.29, 0.717) is 44.5 Å². The molecular formula is C26H24Br2ClN3O3S. The number of aromatic nitrogens is 1. The maximum atomic E-state index is 13.8. The zero-order valence-electron chi connectivity index (χ0n) is 20.1. The minimum Gasteiger partial charge on any atom is -0.494 e. The van der Waals surface area contributed by atoms with Crippen molar-refractivity contribution < 1.29 is 9.53 Å². The van der Waals surface area contributed by atoms with Crippen molar-refractivity contribution in [3.05, 3.63) is 92.5 Å². The highest BCUT2D eigenvalue weighted by Crippen LogP contribution is 2.35. The number of ether oxygens (including phenoxy) is 1. The van der Waals surface area contributed by atoms with E-state index in [4.69, 9.17) is 21.3 Å². The van der Waals surface area contributed by atoms with Gasteiger partial charge in [-0.25, -0.2) is 4.99 Å². The average Bonchev–Trinajstić information content (AvgIpc) is 3.13. The molecule has 1 aromatic heterocycles. The molecule has 36 heavy (non-hydrogen) atoms. The molecule has 0 aliphatic carbocycles. The van der Waals surface area contributed by atoms with E-state index >= 15 is 0 Å². The van der Waals surface area contributed by atoms with Crippen LogP contribution in [0.1, 0.15) is 37.9 Å². The van der Waals surface area contributed by atoms with Crippen molar-refractivity contribution in [1.29, 1.82) is 0 Å². The van der Waals surface area contributed by atoms with Crippen molar-refractivity contribution in [1.82, 2.24) is 9.47 Å². The summed E-state index contributed by atoms with van der Waals surface area (Å²) >= 11 is 14.5. The van der Waals surface area contributed by atoms with Gasteiger partial charge in [0.1, 0.15) is 5.75 Å². The van der Waals surface area contributed by atoms with E-state index in [2.05, 4.69) is 31.9 Å². The molecule has 1 atom stereocenters. The summed E-state index contributed by atoms with van der Waals surface area (Å²) in [6, 6.07) is 10.4. The number of rotatable bonds is 6. The molecule has 0 spiro atoms. The first kappa shape index (κ1) is 26.9. The molecule has 0 N–H and O–H groups in total. The molecule has 0 saturated heterocycles. The molecule has 1 amide bonds. The Morgan fingerprint density at radius 1 is 1.19 bits per heavy atom. The Morgan fingerprint density at radius 3 is 2.36 bits per heavy atom. The zero-order valence-corrected chi connectivity index (χ0v) is 24.9. The molecule has 2 aromatic carbocycles. The largest absolute Gasteiger partial charge is 0.494 e. The SMILES string of the molecule is CCN(CC)C(=O)C1=C(C)N=c2s/c(=C/c3cc(Br)c(OC)c(Br)c3)c(=O)n2[C@H]1c1ccc(Cl)cc1. The Hall–Kier alpha value is -2.20. The summed E-state index contributed by atoms with van der Waals surface area (Å²) in [5.74, 6) is 0.546. The van der Waals surface area contributed by atoms with Gasteiger partial charge in [0, 0.05) is 18.1 Å². The fraction of sp³-hybridized carbons (Fsp3) is 0.269. The first-order chi connectivity index (χ1) is 17.2. The molecule has 0 bridgehead atoms. The van der Waals surface area contributed by atoms with E-state index in [1.165, 1.54) is 11.3 Å². The van der Waals surface area contributed by atoms with Gasteiger partial charge in [-0.3, -0.25) is 14.2 Å². The van der Waals surface area contributed by atoms with Gasteiger partial charge in [0.25, 0.3) is 11.5 Å². The number of thiazole rings is 1. The van der Waals surface area contributed by atoms with Gasteiger partial charge in [0.2, 0.25) is 0 Å². The van der Waals surface area contributed by atoms with Crippen LogP contribution < -0.4 is 19.6 Å². The van der Waals surface area contributed by atoms with Crippen molar-refractivity contribution in [2.45, 2.75) is 26.8 Å². The van der Waals surface area contributed by atoms with Crippen LogP contribution in [0.3, 0.4) is 0 Å². The summed E-state index contributed by atoms with van der Waals surface area (Å²) in [6.45, 7) is 6.83. The normalized spacial score (nSPS) is 15.5. The lowest BCUT2D eigenvalue weighted by Crippen LogP contribution is -2.43. The number of amides is 1. The topological polar surface area (TPSA) is 63.9 Å². The van der Waals surface area contributed by atoms with Crippen LogP contribution >= 0.6 is 54.8 Å². The molecule has 1 aliphatic heterocycles. The van der Waals surface area contributed by atoms with Crippen LogP contribution in [0.4, 0.5) is 0 Å². The number of halogens is 3. The van der Waals surface area contributed by atoms with Gasteiger partial charge in [0.05, 0.1) is 37.9 Å². The Balaban J connectivity index is 1.95. The van der Waals surface area contributed by atoms with Crippen LogP contribution in [0.15, 0.2) is 66.4 Å². The number of nitrogens with zero attached hydrogens (tertiary/aromatic N) is 3. The molecule has 0 unspecified atom stereocenters. The van der Waals surface area contributed by atoms with Gasteiger partial charge >= 0.3 is 0 Å². The van der Waals surface area contributed by atoms with E-state index in [-0.39, 0.29) is 11.5 Å². The first-order valence-electron chi connectivity index (χ1n) is 11.3. The average molecular weight is 654 g/mol. The molecule has 0 saturated carbocycles. The highest BCUT2D eigenvalue weighted by molar-refractivity contribution is 9.11. The summed E-state index contributed by atoms with van der Waals surface area (Å²) < 4.78 is 9.05. The number of likely N-dealkylation sites (N-methyl/N-ethyl adjacent to an activating group) is 1. The van der Waals surface area contributed by atoms with Crippen molar-refractivity contribution in [3.63, 3.8) is 0 Å². The summed E-state index contributed by atoms with van der Waals surface area (Å²) in [7, 11) is 1.60. The number of carbonyl (C=O) groups excluding carboxylic acids is 1. The van der Waals surface area contributed by atoms with Crippen molar-refractivity contribution in [2.75, 3.05) is 20.2 Å². The van der Waals surface area contributed by atoms with E-state index in [9.17, 15) is 9.59 Å². The van der Waals surface area contributed by atoms with Crippen LogP contribution in [-0.2, 0) is 4.79 Å². The van der Waals surface area contributed by atoms with Crippen LogP contribution in [0.2, 0.25) is 5.02 Å². The molecule has 6 nitrogen and oxygen atoms in total. The zero-order chi connectivity index (χ0) is 26.1. The molecule has 188 valence electrons. The third-order valence-corrected chi connectivity index (χ3v) is 8.42. The van der Waals surface area contributed by atoms with E-state index < -0.39 is 6.04 Å². The molecule has 10 heteroatoms. The molecule has 1 aliphatic rings. The number of hydrogen-bond acceptors (Lipinski definition) is 5. The number of benzene rings is 2. The fourth-order valence-corrected chi connectivity index (χ4v) is 6.96. The third kappa shape index (κ3) is 4.98. The Kier molecular flexibility index (Phi) is 8.24. The Bertz CT molecular complexity index is 1520. The standard InChI is InChI=1S/C26H24Br2ClN3O3S/c1-5-31(6-2)25(34)21-14(3)30-26-32(22(21)16-7-9-17(29)10-8-16)24(33)20(36-26)13-15-11-18(27)23(35-4)19(28)12-15/h7-13,22H,5-6H2,1-4H3/b20-13+/t22-/m0/s1. The number of allylic oxidation sites excluding steroid dienone is 1. The fourth-order valence-electron chi connectivity index (χ4n) is 4.25. The lowest BCUT2D eigenvalue weighted by atomic mass is 9.94. The second kappa shape index (κ2) is 11.0. The van der Waals surface area contributed by atoms with E-state index in [0.717, 1.165) is 20.1 Å². The first-order valence-corrected chi connectivity index (χ1v) is 14.1. The summed E-state index contributed by atoms with van der Waals surface area (Å²) in [4.78, 5) is 34.4. The van der Waals surface area contributed by atoms with Crippen molar-refractivity contribution in [3.8, 4) is 5.75 Å². The molecule has 2 heterocycles. The van der Waals surface area contributed by atoms with Crippen LogP contribution in [-0.4, -0.2) is 35.6 Å². The Labute approximate surface area is 234 Å². The highest BCUT2D eigenvalue weighted by atomic mass is 79.9. The summed E-state index contributed by atoms with van der Waals surface area (Å²) in [5, 5.41) is 0.583.